The van der Waals surface area contributed by atoms with Crippen molar-refractivity contribution in [2.45, 2.75) is 26.3 Å². The van der Waals surface area contributed by atoms with Crippen molar-refractivity contribution in [1.29, 1.82) is 0 Å². The summed E-state index contributed by atoms with van der Waals surface area (Å²) in [4.78, 5) is 28.5. The van der Waals surface area contributed by atoms with Crippen molar-refractivity contribution in [3.63, 3.8) is 0 Å². The number of benzene rings is 2. The molecule has 1 aliphatic rings. The van der Waals surface area contributed by atoms with Crippen molar-refractivity contribution in [2.75, 3.05) is 32.7 Å². The van der Waals surface area contributed by atoms with Gasteiger partial charge in [-0.05, 0) is 29.7 Å². The van der Waals surface area contributed by atoms with Crippen LogP contribution in [0.5, 0.6) is 5.75 Å². The molecule has 1 N–H and O–H groups in total. The van der Waals surface area contributed by atoms with Gasteiger partial charge in [-0.2, -0.15) is 0 Å². The first-order valence-corrected chi connectivity index (χ1v) is 10.2. The Labute approximate surface area is 184 Å². The minimum Gasteiger partial charge on any atom is -0.410 e. The lowest BCUT2D eigenvalue weighted by molar-refractivity contribution is -0.132. The molecule has 1 heterocycles. The molecule has 3 rings (SSSR count). The van der Waals surface area contributed by atoms with Crippen molar-refractivity contribution in [3.8, 4) is 5.75 Å². The van der Waals surface area contributed by atoms with Crippen LogP contribution in [-0.2, 0) is 17.8 Å². The molecule has 2 aromatic carbocycles. The van der Waals surface area contributed by atoms with Crippen molar-refractivity contribution in [3.05, 3.63) is 65.7 Å². The molecule has 2 aromatic rings. The zero-order valence-corrected chi connectivity index (χ0v) is 18.2. The Morgan fingerprint density at radius 1 is 0.933 bits per heavy atom. The van der Waals surface area contributed by atoms with Gasteiger partial charge in [-0.15, -0.1) is 12.4 Å². The highest BCUT2D eigenvalue weighted by molar-refractivity contribution is 5.85. The molecule has 0 saturated carbocycles. The number of carbonyl (C=O) groups is 2. The molecule has 0 radical (unpaired) electrons. The van der Waals surface area contributed by atoms with E-state index in [9.17, 15) is 9.59 Å². The Hall–Kier alpha value is -2.57. The van der Waals surface area contributed by atoms with Crippen molar-refractivity contribution < 1.29 is 14.3 Å². The average Bonchev–Trinajstić information content (AvgIpc) is 2.75. The minimum absolute atomic E-state index is 0. The highest BCUT2D eigenvalue weighted by Crippen LogP contribution is 2.15. The number of hydrogen-bond acceptors (Lipinski definition) is 4. The highest BCUT2D eigenvalue weighted by atomic mass is 35.5. The summed E-state index contributed by atoms with van der Waals surface area (Å²) in [6.45, 7) is 6.78. The maximum Gasteiger partial charge on any atom is 0.412 e. The summed E-state index contributed by atoms with van der Waals surface area (Å²) in [6, 6.07) is 17.6. The van der Waals surface area contributed by atoms with Crippen LogP contribution in [0.1, 0.15) is 24.5 Å². The first-order valence-electron chi connectivity index (χ1n) is 10.2. The maximum absolute atomic E-state index is 12.6. The van der Waals surface area contributed by atoms with Crippen molar-refractivity contribution in [1.82, 2.24) is 15.1 Å². The minimum atomic E-state index is -0.455. The van der Waals surface area contributed by atoms with E-state index in [2.05, 4.69) is 34.5 Å². The van der Waals surface area contributed by atoms with Gasteiger partial charge in [0.1, 0.15) is 5.75 Å². The second kappa shape index (κ2) is 12.2. The normalized spacial score (nSPS) is 14.0. The van der Waals surface area contributed by atoms with Gasteiger partial charge in [0, 0.05) is 39.3 Å². The van der Waals surface area contributed by atoms with Gasteiger partial charge < -0.3 is 15.0 Å². The van der Waals surface area contributed by atoms with Crippen LogP contribution < -0.4 is 10.1 Å². The predicted molar refractivity (Wildman–Crippen MR) is 120 cm³/mol. The summed E-state index contributed by atoms with van der Waals surface area (Å²) < 4.78 is 5.20. The van der Waals surface area contributed by atoms with Gasteiger partial charge in [-0.25, -0.2) is 4.79 Å². The van der Waals surface area contributed by atoms with Gasteiger partial charge in [-0.3, -0.25) is 9.69 Å². The zero-order chi connectivity index (χ0) is 20.5. The molecule has 2 amide bonds. The molecule has 1 saturated heterocycles. The summed E-state index contributed by atoms with van der Waals surface area (Å²) >= 11 is 0. The summed E-state index contributed by atoms with van der Waals surface area (Å²) in [5.74, 6) is 0.614. The molecule has 30 heavy (non-hydrogen) atoms. The van der Waals surface area contributed by atoms with Crippen LogP contribution in [0.3, 0.4) is 0 Å². The summed E-state index contributed by atoms with van der Waals surface area (Å²) in [5, 5.41) is 2.66. The third-order valence-electron chi connectivity index (χ3n) is 4.98. The fourth-order valence-electron chi connectivity index (χ4n) is 3.33. The second-order valence-electron chi connectivity index (χ2n) is 7.28. The molecule has 0 aromatic heterocycles. The molecule has 162 valence electrons. The standard InChI is InChI=1S/C23H29N3O3.ClH/c1-2-12-24-23(28)29-21-10-8-19(9-11-21)17-22(27)26-15-13-25(14-16-26)18-20-6-4-3-5-7-20;/h3-11H,2,12-18H2,1H3,(H,24,28);1H. The topological polar surface area (TPSA) is 61.9 Å². The van der Waals surface area contributed by atoms with Crippen LogP contribution in [0.2, 0.25) is 0 Å². The molecule has 1 aliphatic heterocycles. The molecule has 1 fully saturated rings. The zero-order valence-electron chi connectivity index (χ0n) is 17.4. The fraction of sp³-hybridized carbons (Fsp3) is 0.391. The maximum atomic E-state index is 12.6. The Morgan fingerprint density at radius 3 is 2.23 bits per heavy atom. The third kappa shape index (κ3) is 7.35. The monoisotopic (exact) mass is 431 g/mol. The van der Waals surface area contributed by atoms with E-state index in [0.29, 0.717) is 18.7 Å². The molecule has 6 nitrogen and oxygen atoms in total. The molecule has 0 spiro atoms. The molecule has 0 atom stereocenters. The van der Waals surface area contributed by atoms with Crippen LogP contribution in [0.4, 0.5) is 4.79 Å². The van der Waals surface area contributed by atoms with Crippen LogP contribution >= 0.6 is 12.4 Å². The van der Waals surface area contributed by atoms with Gasteiger partial charge in [0.25, 0.3) is 0 Å². The van der Waals surface area contributed by atoms with E-state index in [0.717, 1.165) is 44.7 Å². The number of piperazine rings is 1. The number of ether oxygens (including phenoxy) is 1. The number of carbonyl (C=O) groups excluding carboxylic acids is 2. The Kier molecular flexibility index (Phi) is 9.64. The number of halogens is 1. The van der Waals surface area contributed by atoms with E-state index in [-0.39, 0.29) is 18.3 Å². The molecule has 0 aliphatic carbocycles. The van der Waals surface area contributed by atoms with Gasteiger partial charge in [0.15, 0.2) is 0 Å². The molecular formula is C23H30ClN3O3. The van der Waals surface area contributed by atoms with Crippen molar-refractivity contribution >= 4 is 24.4 Å². The quantitative estimate of drug-likeness (QED) is 0.728. The Bertz CT molecular complexity index is 791. The first kappa shape index (κ1) is 23.7. The van der Waals surface area contributed by atoms with E-state index in [1.807, 2.05) is 30.0 Å². The molecular weight excluding hydrogens is 402 g/mol. The van der Waals surface area contributed by atoms with Crippen molar-refractivity contribution in [2.24, 2.45) is 0 Å². The SMILES string of the molecule is CCCNC(=O)Oc1ccc(CC(=O)N2CCN(Cc3ccccc3)CC2)cc1.Cl. The van der Waals surface area contributed by atoms with Gasteiger partial charge in [0.05, 0.1) is 6.42 Å². The van der Waals surface area contributed by atoms with Gasteiger partial charge in [0.2, 0.25) is 5.91 Å². The highest BCUT2D eigenvalue weighted by Gasteiger charge is 2.21. The van der Waals surface area contributed by atoms with Crippen LogP contribution in [0.15, 0.2) is 54.6 Å². The predicted octanol–water partition coefficient (Wildman–Crippen LogP) is 3.49. The summed E-state index contributed by atoms with van der Waals surface area (Å²) in [7, 11) is 0. The number of nitrogens with one attached hydrogen (secondary N) is 1. The largest absolute Gasteiger partial charge is 0.412 e. The molecule has 7 heteroatoms. The third-order valence-corrected chi connectivity index (χ3v) is 4.98. The number of amides is 2. The van der Waals surface area contributed by atoms with Crippen LogP contribution in [0.25, 0.3) is 0 Å². The number of rotatable bonds is 7. The van der Waals surface area contributed by atoms with E-state index >= 15 is 0 Å². The van der Waals surface area contributed by atoms with Crippen LogP contribution in [-0.4, -0.2) is 54.5 Å². The Morgan fingerprint density at radius 2 is 1.60 bits per heavy atom. The van der Waals surface area contributed by atoms with E-state index < -0.39 is 6.09 Å². The smallest absolute Gasteiger partial charge is 0.410 e. The summed E-state index contributed by atoms with van der Waals surface area (Å²) in [6.07, 6.45) is 0.765. The van der Waals surface area contributed by atoms with Crippen LogP contribution in [0, 0.1) is 0 Å². The molecule has 0 unspecified atom stereocenters. The van der Waals surface area contributed by atoms with E-state index in [1.165, 1.54) is 5.56 Å². The lowest BCUT2D eigenvalue weighted by atomic mass is 10.1. The van der Waals surface area contributed by atoms with E-state index in [1.54, 1.807) is 12.1 Å². The molecule has 0 bridgehead atoms. The fourth-order valence-corrected chi connectivity index (χ4v) is 3.33. The second-order valence-corrected chi connectivity index (χ2v) is 7.28. The lowest BCUT2D eigenvalue weighted by Crippen LogP contribution is -2.48. The first-order chi connectivity index (χ1) is 14.1. The number of nitrogens with zero attached hydrogens (tertiary/aromatic N) is 2. The van der Waals surface area contributed by atoms with Gasteiger partial charge >= 0.3 is 6.09 Å². The Balaban J connectivity index is 0.00000320. The number of hydrogen-bond donors (Lipinski definition) is 1. The lowest BCUT2D eigenvalue weighted by Gasteiger charge is -2.34. The summed E-state index contributed by atoms with van der Waals surface area (Å²) in [5.41, 5.74) is 2.22. The average molecular weight is 432 g/mol. The van der Waals surface area contributed by atoms with E-state index in [4.69, 9.17) is 4.74 Å². The van der Waals surface area contributed by atoms with Gasteiger partial charge in [-0.1, -0.05) is 49.4 Å².